The number of para-hydroxylation sites is 1. The molecule has 2 amide bonds. The van der Waals surface area contributed by atoms with E-state index in [-0.39, 0.29) is 6.54 Å². The van der Waals surface area contributed by atoms with E-state index in [0.717, 1.165) is 29.7 Å². The molecule has 0 aliphatic heterocycles. The lowest BCUT2D eigenvalue weighted by molar-refractivity contribution is -0.136. The summed E-state index contributed by atoms with van der Waals surface area (Å²) >= 11 is 0. The van der Waals surface area contributed by atoms with Crippen molar-refractivity contribution in [1.82, 2.24) is 10.3 Å². The maximum absolute atomic E-state index is 12.1. The number of rotatable bonds is 5. The number of hydrogen-bond acceptors (Lipinski definition) is 3. The zero-order valence-electron chi connectivity index (χ0n) is 13.4. The molecule has 0 aliphatic rings. The lowest BCUT2D eigenvalue weighted by Crippen LogP contribution is -2.35. The van der Waals surface area contributed by atoms with Gasteiger partial charge in [0.2, 0.25) is 0 Å². The highest BCUT2D eigenvalue weighted by atomic mass is 16.2. The van der Waals surface area contributed by atoms with Crippen LogP contribution in [0.1, 0.15) is 30.7 Å². The van der Waals surface area contributed by atoms with Crippen LogP contribution < -0.4 is 10.6 Å². The maximum atomic E-state index is 12.1. The van der Waals surface area contributed by atoms with E-state index >= 15 is 0 Å². The second kappa shape index (κ2) is 8.08. The second-order valence-corrected chi connectivity index (χ2v) is 5.12. The number of nitrogens with one attached hydrogen (secondary N) is 2. The van der Waals surface area contributed by atoms with Gasteiger partial charge >= 0.3 is 11.8 Å². The maximum Gasteiger partial charge on any atom is 0.313 e. The molecule has 1 heterocycles. The number of aromatic nitrogens is 1. The molecule has 23 heavy (non-hydrogen) atoms. The molecule has 0 fully saturated rings. The van der Waals surface area contributed by atoms with Gasteiger partial charge in [-0.1, -0.05) is 38.1 Å². The van der Waals surface area contributed by atoms with Crippen molar-refractivity contribution >= 4 is 17.5 Å². The Morgan fingerprint density at radius 3 is 2.22 bits per heavy atom. The Balaban J connectivity index is 2.02. The summed E-state index contributed by atoms with van der Waals surface area (Å²) in [6, 6.07) is 11.3. The zero-order valence-corrected chi connectivity index (χ0v) is 13.4. The zero-order chi connectivity index (χ0) is 16.7. The highest BCUT2D eigenvalue weighted by Crippen LogP contribution is 2.22. The summed E-state index contributed by atoms with van der Waals surface area (Å²) in [7, 11) is 0. The van der Waals surface area contributed by atoms with Crippen LogP contribution in [0.25, 0.3) is 0 Å². The van der Waals surface area contributed by atoms with Gasteiger partial charge in [0.15, 0.2) is 0 Å². The van der Waals surface area contributed by atoms with Crippen molar-refractivity contribution in [3.8, 4) is 0 Å². The molecule has 0 bridgehead atoms. The first-order chi connectivity index (χ1) is 11.2. The van der Waals surface area contributed by atoms with Gasteiger partial charge in [-0.15, -0.1) is 0 Å². The third-order valence-electron chi connectivity index (χ3n) is 3.60. The van der Waals surface area contributed by atoms with E-state index in [4.69, 9.17) is 0 Å². The molecule has 120 valence electrons. The fraction of sp³-hybridized carbons (Fsp3) is 0.278. The van der Waals surface area contributed by atoms with Gasteiger partial charge in [0.25, 0.3) is 0 Å². The number of pyridine rings is 1. The van der Waals surface area contributed by atoms with Crippen LogP contribution in [0.15, 0.2) is 42.6 Å². The van der Waals surface area contributed by atoms with Crippen LogP contribution in [0, 0.1) is 0 Å². The van der Waals surface area contributed by atoms with Crippen LogP contribution in [0.3, 0.4) is 0 Å². The van der Waals surface area contributed by atoms with Crippen molar-refractivity contribution in [2.24, 2.45) is 0 Å². The molecule has 0 saturated heterocycles. The fourth-order valence-corrected chi connectivity index (χ4v) is 2.33. The summed E-state index contributed by atoms with van der Waals surface area (Å²) in [6.07, 6.45) is 3.23. The summed E-state index contributed by atoms with van der Waals surface area (Å²) in [5.41, 5.74) is 3.50. The molecule has 0 spiro atoms. The topological polar surface area (TPSA) is 71.1 Å². The number of nitrogens with zero attached hydrogens (tertiary/aromatic N) is 1. The Labute approximate surface area is 136 Å². The van der Waals surface area contributed by atoms with Crippen molar-refractivity contribution in [2.45, 2.75) is 33.2 Å². The molecular formula is C18H21N3O2. The van der Waals surface area contributed by atoms with Crippen molar-refractivity contribution in [3.63, 3.8) is 0 Å². The van der Waals surface area contributed by atoms with Crippen molar-refractivity contribution in [2.75, 3.05) is 5.32 Å². The molecule has 2 N–H and O–H groups in total. The van der Waals surface area contributed by atoms with Crippen LogP contribution >= 0.6 is 0 Å². The van der Waals surface area contributed by atoms with E-state index in [1.165, 1.54) is 0 Å². The summed E-state index contributed by atoms with van der Waals surface area (Å²) in [6.45, 7) is 4.26. The van der Waals surface area contributed by atoms with Crippen LogP contribution in [0.4, 0.5) is 5.69 Å². The summed E-state index contributed by atoms with van der Waals surface area (Å²) in [5.74, 6) is -1.32. The predicted molar refractivity (Wildman–Crippen MR) is 89.9 cm³/mol. The second-order valence-electron chi connectivity index (χ2n) is 5.12. The first-order valence-electron chi connectivity index (χ1n) is 7.75. The minimum atomic E-state index is -0.663. The van der Waals surface area contributed by atoms with Crippen LogP contribution in [-0.4, -0.2) is 16.8 Å². The first kappa shape index (κ1) is 16.7. The molecule has 5 heteroatoms. The van der Waals surface area contributed by atoms with Crippen LogP contribution in [0.5, 0.6) is 0 Å². The fourth-order valence-electron chi connectivity index (χ4n) is 2.33. The SMILES string of the molecule is CCc1cccc(CC)c1NC(=O)C(=O)NCc1ccccn1. The van der Waals surface area contributed by atoms with E-state index in [1.807, 2.05) is 38.1 Å². The summed E-state index contributed by atoms with van der Waals surface area (Å²) in [5, 5.41) is 5.33. The number of hydrogen-bond donors (Lipinski definition) is 2. The molecule has 0 radical (unpaired) electrons. The number of carbonyl (C=O) groups excluding carboxylic acids is 2. The summed E-state index contributed by atoms with van der Waals surface area (Å²) in [4.78, 5) is 28.2. The van der Waals surface area contributed by atoms with Crippen molar-refractivity contribution in [3.05, 3.63) is 59.4 Å². The number of amides is 2. The number of benzene rings is 1. The van der Waals surface area contributed by atoms with Crippen molar-refractivity contribution < 1.29 is 9.59 Å². The van der Waals surface area contributed by atoms with E-state index in [2.05, 4.69) is 15.6 Å². The van der Waals surface area contributed by atoms with Crippen LogP contribution in [-0.2, 0) is 29.0 Å². The molecule has 1 aromatic heterocycles. The number of aryl methyl sites for hydroxylation is 2. The van der Waals surface area contributed by atoms with E-state index in [9.17, 15) is 9.59 Å². The summed E-state index contributed by atoms with van der Waals surface area (Å²) < 4.78 is 0. The predicted octanol–water partition coefficient (Wildman–Crippen LogP) is 2.46. The Hall–Kier alpha value is -2.69. The highest BCUT2D eigenvalue weighted by Gasteiger charge is 2.16. The van der Waals surface area contributed by atoms with E-state index < -0.39 is 11.8 Å². The lowest BCUT2D eigenvalue weighted by Gasteiger charge is -2.14. The van der Waals surface area contributed by atoms with Gasteiger partial charge in [-0.25, -0.2) is 0 Å². The van der Waals surface area contributed by atoms with Crippen molar-refractivity contribution in [1.29, 1.82) is 0 Å². The smallest absolute Gasteiger partial charge is 0.313 e. The minimum absolute atomic E-state index is 0.225. The standard InChI is InChI=1S/C18H21N3O2/c1-3-13-8-7-9-14(4-2)16(13)21-18(23)17(22)20-12-15-10-5-6-11-19-15/h5-11H,3-4,12H2,1-2H3,(H,20,22)(H,21,23). The third kappa shape index (κ3) is 4.39. The first-order valence-corrected chi connectivity index (χ1v) is 7.75. The number of anilines is 1. The molecule has 0 atom stereocenters. The number of carbonyl (C=O) groups is 2. The molecule has 5 nitrogen and oxygen atoms in total. The molecule has 0 unspecified atom stereocenters. The minimum Gasteiger partial charge on any atom is -0.342 e. The largest absolute Gasteiger partial charge is 0.342 e. The Bertz CT molecular complexity index is 662. The molecule has 2 aromatic rings. The lowest BCUT2D eigenvalue weighted by atomic mass is 10.0. The molecular weight excluding hydrogens is 290 g/mol. The Kier molecular flexibility index (Phi) is 5.86. The normalized spacial score (nSPS) is 10.2. The Morgan fingerprint density at radius 1 is 0.957 bits per heavy atom. The quantitative estimate of drug-likeness (QED) is 0.833. The van der Waals surface area contributed by atoms with Gasteiger partial charge in [0.05, 0.1) is 12.2 Å². The molecule has 0 saturated carbocycles. The Morgan fingerprint density at radius 2 is 1.65 bits per heavy atom. The molecule has 2 rings (SSSR count). The van der Waals surface area contributed by atoms with E-state index in [0.29, 0.717) is 5.69 Å². The monoisotopic (exact) mass is 311 g/mol. The molecule has 0 aliphatic carbocycles. The third-order valence-corrected chi connectivity index (χ3v) is 3.60. The van der Waals surface area contributed by atoms with Crippen LogP contribution in [0.2, 0.25) is 0 Å². The molecule has 1 aromatic carbocycles. The van der Waals surface area contributed by atoms with Gasteiger partial charge in [0, 0.05) is 11.9 Å². The average molecular weight is 311 g/mol. The van der Waals surface area contributed by atoms with Gasteiger partial charge in [-0.2, -0.15) is 0 Å². The van der Waals surface area contributed by atoms with Gasteiger partial charge in [0.1, 0.15) is 0 Å². The van der Waals surface area contributed by atoms with Gasteiger partial charge < -0.3 is 10.6 Å². The van der Waals surface area contributed by atoms with E-state index in [1.54, 1.807) is 18.3 Å². The highest BCUT2D eigenvalue weighted by molar-refractivity contribution is 6.39. The average Bonchev–Trinajstić information content (AvgIpc) is 2.60. The van der Waals surface area contributed by atoms with Gasteiger partial charge in [-0.05, 0) is 36.1 Å². The van der Waals surface area contributed by atoms with Gasteiger partial charge in [-0.3, -0.25) is 14.6 Å².